The Kier molecular flexibility index (Phi) is 3.76. The Balaban J connectivity index is 2.12. The normalized spacial score (nSPS) is 10.2. The number of nitro groups is 1. The predicted octanol–water partition coefficient (Wildman–Crippen LogP) is 1.90. The van der Waals surface area contributed by atoms with E-state index in [0.29, 0.717) is 0 Å². The van der Waals surface area contributed by atoms with Crippen molar-refractivity contribution in [3.8, 4) is 0 Å². The summed E-state index contributed by atoms with van der Waals surface area (Å²) in [7, 11) is 0. The summed E-state index contributed by atoms with van der Waals surface area (Å²) in [6.07, 6.45) is 1.56. The number of aromatic amines is 1. The molecule has 2 N–H and O–H groups in total. The van der Waals surface area contributed by atoms with Gasteiger partial charge < -0.3 is 5.32 Å². The Hall–Kier alpha value is -2.41. The minimum absolute atomic E-state index is 0.138. The number of amides is 1. The number of carbonyl (C=O) groups excluding carboxylic acids is 1. The molecule has 0 radical (unpaired) electrons. The summed E-state index contributed by atoms with van der Waals surface area (Å²) in [5, 5.41) is 19.8. The Morgan fingerprint density at radius 2 is 2.26 bits per heavy atom. The van der Waals surface area contributed by atoms with Gasteiger partial charge in [0.05, 0.1) is 17.2 Å². The van der Waals surface area contributed by atoms with E-state index in [1.807, 2.05) is 0 Å². The van der Waals surface area contributed by atoms with Crippen LogP contribution in [0.3, 0.4) is 0 Å². The van der Waals surface area contributed by atoms with Gasteiger partial charge in [-0.15, -0.1) is 0 Å². The number of nitro benzene ring substituents is 1. The lowest BCUT2D eigenvalue weighted by Crippen LogP contribution is -2.23. The number of halogens is 1. The van der Waals surface area contributed by atoms with Crippen LogP contribution in [0, 0.1) is 10.1 Å². The number of nitrogens with zero attached hydrogens (tertiary/aromatic N) is 2. The molecule has 0 spiro atoms. The fraction of sp³-hybridized carbons (Fsp3) is 0.0909. The highest BCUT2D eigenvalue weighted by Gasteiger charge is 2.13. The monoisotopic (exact) mass is 280 g/mol. The van der Waals surface area contributed by atoms with Gasteiger partial charge in [-0.3, -0.25) is 20.0 Å². The molecule has 0 bridgehead atoms. The van der Waals surface area contributed by atoms with E-state index in [0.717, 1.165) is 5.69 Å². The van der Waals surface area contributed by atoms with Crippen molar-refractivity contribution in [2.45, 2.75) is 6.54 Å². The maximum absolute atomic E-state index is 11.8. The summed E-state index contributed by atoms with van der Waals surface area (Å²) in [4.78, 5) is 21.9. The molecule has 0 saturated heterocycles. The van der Waals surface area contributed by atoms with Crippen LogP contribution >= 0.6 is 11.6 Å². The Morgan fingerprint density at radius 1 is 1.47 bits per heavy atom. The van der Waals surface area contributed by atoms with Crippen LogP contribution in [-0.4, -0.2) is 21.0 Å². The summed E-state index contributed by atoms with van der Waals surface area (Å²) < 4.78 is 0. The van der Waals surface area contributed by atoms with Gasteiger partial charge in [0, 0.05) is 28.9 Å². The molecule has 19 heavy (non-hydrogen) atoms. The zero-order valence-electron chi connectivity index (χ0n) is 9.59. The smallest absolute Gasteiger partial charge is 0.271 e. The van der Waals surface area contributed by atoms with Gasteiger partial charge in [-0.1, -0.05) is 11.6 Å². The Bertz CT molecular complexity index is 612. The van der Waals surface area contributed by atoms with Crippen molar-refractivity contribution in [3.05, 3.63) is 56.9 Å². The molecule has 2 aromatic rings. The van der Waals surface area contributed by atoms with Crippen molar-refractivity contribution in [2.75, 3.05) is 0 Å². The second-order valence-electron chi connectivity index (χ2n) is 3.72. The van der Waals surface area contributed by atoms with E-state index in [1.165, 1.54) is 18.2 Å². The predicted molar refractivity (Wildman–Crippen MR) is 67.9 cm³/mol. The molecular formula is C11H9ClN4O3. The average molecular weight is 281 g/mol. The first-order chi connectivity index (χ1) is 9.06. The lowest BCUT2D eigenvalue weighted by molar-refractivity contribution is -0.384. The highest BCUT2D eigenvalue weighted by Crippen LogP contribution is 2.20. The maximum atomic E-state index is 11.8. The number of hydrogen-bond acceptors (Lipinski definition) is 4. The second kappa shape index (κ2) is 5.49. The average Bonchev–Trinajstić information content (AvgIpc) is 2.88. The molecule has 1 aromatic carbocycles. The van der Waals surface area contributed by atoms with Gasteiger partial charge in [0.2, 0.25) is 0 Å². The second-order valence-corrected chi connectivity index (χ2v) is 4.16. The quantitative estimate of drug-likeness (QED) is 0.659. The van der Waals surface area contributed by atoms with Gasteiger partial charge in [-0.05, 0) is 12.1 Å². The first kappa shape index (κ1) is 13.0. The van der Waals surface area contributed by atoms with Crippen LogP contribution in [0.15, 0.2) is 30.5 Å². The highest BCUT2D eigenvalue weighted by atomic mass is 35.5. The molecule has 1 aromatic heterocycles. The zero-order chi connectivity index (χ0) is 13.8. The molecule has 0 unspecified atom stereocenters. The Labute approximate surface area is 112 Å². The van der Waals surface area contributed by atoms with Crippen LogP contribution in [0.2, 0.25) is 5.02 Å². The summed E-state index contributed by atoms with van der Waals surface area (Å²) in [6, 6.07) is 5.44. The molecule has 1 amide bonds. The van der Waals surface area contributed by atoms with Gasteiger partial charge in [0.25, 0.3) is 11.6 Å². The molecule has 0 fully saturated rings. The molecule has 0 aliphatic carbocycles. The third-order valence-corrected chi connectivity index (χ3v) is 2.57. The van der Waals surface area contributed by atoms with Gasteiger partial charge >= 0.3 is 0 Å². The lowest BCUT2D eigenvalue weighted by atomic mass is 10.2. The van der Waals surface area contributed by atoms with Crippen LogP contribution in [0.5, 0.6) is 0 Å². The van der Waals surface area contributed by atoms with E-state index >= 15 is 0 Å². The minimum atomic E-state index is -0.600. The van der Waals surface area contributed by atoms with E-state index in [-0.39, 0.29) is 22.8 Å². The molecule has 8 heteroatoms. The van der Waals surface area contributed by atoms with Crippen LogP contribution in [-0.2, 0) is 6.54 Å². The molecule has 0 saturated carbocycles. The largest absolute Gasteiger partial charge is 0.346 e. The van der Waals surface area contributed by atoms with Crippen LogP contribution < -0.4 is 5.32 Å². The van der Waals surface area contributed by atoms with Crippen molar-refractivity contribution in [1.82, 2.24) is 15.5 Å². The third kappa shape index (κ3) is 3.29. The topological polar surface area (TPSA) is 101 Å². The summed E-state index contributed by atoms with van der Waals surface area (Å²) >= 11 is 5.74. The number of hydrogen-bond donors (Lipinski definition) is 2. The highest BCUT2D eigenvalue weighted by molar-refractivity contribution is 6.31. The molecule has 2 rings (SSSR count). The van der Waals surface area contributed by atoms with E-state index in [2.05, 4.69) is 15.5 Å². The van der Waals surface area contributed by atoms with Gasteiger partial charge in [-0.2, -0.15) is 5.10 Å². The fourth-order valence-corrected chi connectivity index (χ4v) is 1.70. The number of benzene rings is 1. The summed E-state index contributed by atoms with van der Waals surface area (Å²) in [5.41, 5.74) is 0.641. The fourth-order valence-electron chi connectivity index (χ4n) is 1.47. The first-order valence-electron chi connectivity index (χ1n) is 5.27. The molecule has 98 valence electrons. The Morgan fingerprint density at radius 3 is 2.89 bits per heavy atom. The number of H-pyrrole nitrogens is 1. The van der Waals surface area contributed by atoms with E-state index in [4.69, 9.17) is 11.6 Å². The molecule has 0 aliphatic rings. The van der Waals surface area contributed by atoms with Crippen molar-refractivity contribution in [3.63, 3.8) is 0 Å². The van der Waals surface area contributed by atoms with Crippen LogP contribution in [0.1, 0.15) is 16.1 Å². The van der Waals surface area contributed by atoms with Crippen molar-refractivity contribution in [2.24, 2.45) is 0 Å². The van der Waals surface area contributed by atoms with Crippen molar-refractivity contribution >= 4 is 23.2 Å². The molecule has 7 nitrogen and oxygen atoms in total. The number of rotatable bonds is 4. The summed E-state index contributed by atoms with van der Waals surface area (Å²) in [5.74, 6) is -0.444. The van der Waals surface area contributed by atoms with E-state index in [1.54, 1.807) is 12.3 Å². The number of non-ortho nitro benzene ring substituents is 1. The van der Waals surface area contributed by atoms with Crippen molar-refractivity contribution in [1.29, 1.82) is 0 Å². The molecular weight excluding hydrogens is 272 g/mol. The maximum Gasteiger partial charge on any atom is 0.271 e. The number of nitrogens with one attached hydrogen (secondary N) is 2. The molecule has 1 heterocycles. The van der Waals surface area contributed by atoms with Gasteiger partial charge in [-0.25, -0.2) is 0 Å². The number of aromatic nitrogens is 2. The van der Waals surface area contributed by atoms with E-state index in [9.17, 15) is 14.9 Å². The van der Waals surface area contributed by atoms with Gasteiger partial charge in [0.1, 0.15) is 0 Å². The third-order valence-electron chi connectivity index (χ3n) is 2.35. The SMILES string of the molecule is O=C(NCc1ccn[nH]1)c1cc(Cl)cc([N+](=O)[O-])c1. The molecule has 0 atom stereocenters. The lowest BCUT2D eigenvalue weighted by Gasteiger charge is -2.04. The first-order valence-corrected chi connectivity index (χ1v) is 5.65. The summed E-state index contributed by atoms with van der Waals surface area (Å²) in [6.45, 7) is 0.249. The zero-order valence-corrected chi connectivity index (χ0v) is 10.3. The van der Waals surface area contributed by atoms with Crippen molar-refractivity contribution < 1.29 is 9.72 Å². The number of carbonyl (C=O) groups is 1. The van der Waals surface area contributed by atoms with E-state index < -0.39 is 10.8 Å². The van der Waals surface area contributed by atoms with Crippen LogP contribution in [0.4, 0.5) is 5.69 Å². The molecule has 0 aliphatic heterocycles. The van der Waals surface area contributed by atoms with Gasteiger partial charge in [0.15, 0.2) is 0 Å². The minimum Gasteiger partial charge on any atom is -0.346 e. The van der Waals surface area contributed by atoms with Crippen LogP contribution in [0.25, 0.3) is 0 Å². The standard InChI is InChI=1S/C11H9ClN4O3/c12-8-3-7(4-10(5-8)16(18)19)11(17)13-6-9-1-2-14-15-9/h1-5H,6H2,(H,13,17)(H,14,15).